The SMILES string of the molecule is CCC(CBr)CSc1ccc(F)c(F)c1. The fraction of sp³-hybridized carbons (Fsp3) is 0.455. The van der Waals surface area contributed by atoms with E-state index < -0.39 is 11.6 Å². The van der Waals surface area contributed by atoms with Crippen molar-refractivity contribution in [1.29, 1.82) is 0 Å². The molecule has 1 unspecified atom stereocenters. The molecule has 0 N–H and O–H groups in total. The van der Waals surface area contributed by atoms with Gasteiger partial charge in [-0.2, -0.15) is 0 Å². The van der Waals surface area contributed by atoms with Crippen LogP contribution in [0.25, 0.3) is 0 Å². The highest BCUT2D eigenvalue weighted by molar-refractivity contribution is 9.09. The van der Waals surface area contributed by atoms with Crippen molar-refractivity contribution in [3.63, 3.8) is 0 Å². The first kappa shape index (κ1) is 13.0. The van der Waals surface area contributed by atoms with Crippen LogP contribution in [0.4, 0.5) is 8.78 Å². The molecule has 0 spiro atoms. The van der Waals surface area contributed by atoms with Gasteiger partial charge in [-0.05, 0) is 24.1 Å². The summed E-state index contributed by atoms with van der Waals surface area (Å²) in [6.45, 7) is 2.12. The van der Waals surface area contributed by atoms with E-state index in [0.717, 1.165) is 22.4 Å². The molecule has 0 radical (unpaired) electrons. The number of hydrogen-bond acceptors (Lipinski definition) is 1. The molecule has 1 atom stereocenters. The van der Waals surface area contributed by atoms with E-state index in [1.807, 2.05) is 0 Å². The molecule has 0 aliphatic carbocycles. The van der Waals surface area contributed by atoms with Crippen molar-refractivity contribution in [1.82, 2.24) is 0 Å². The van der Waals surface area contributed by atoms with Crippen LogP contribution in [0, 0.1) is 17.6 Å². The van der Waals surface area contributed by atoms with Crippen LogP contribution in [0.2, 0.25) is 0 Å². The molecule has 0 aromatic heterocycles. The van der Waals surface area contributed by atoms with Crippen LogP contribution in [0.5, 0.6) is 0 Å². The third-order valence-corrected chi connectivity index (χ3v) is 4.31. The van der Waals surface area contributed by atoms with E-state index in [-0.39, 0.29) is 0 Å². The lowest BCUT2D eigenvalue weighted by Gasteiger charge is -2.10. The van der Waals surface area contributed by atoms with Crippen molar-refractivity contribution in [2.24, 2.45) is 5.92 Å². The Balaban J connectivity index is 2.54. The van der Waals surface area contributed by atoms with Crippen molar-refractivity contribution in [3.05, 3.63) is 29.8 Å². The zero-order chi connectivity index (χ0) is 11.3. The summed E-state index contributed by atoms with van der Waals surface area (Å²) >= 11 is 4.99. The summed E-state index contributed by atoms with van der Waals surface area (Å²) in [5.74, 6) is -0.0609. The Bertz CT molecular complexity index is 313. The van der Waals surface area contributed by atoms with Crippen molar-refractivity contribution in [2.45, 2.75) is 18.2 Å². The maximum Gasteiger partial charge on any atom is 0.159 e. The standard InChI is InChI=1S/C11H13BrF2S/c1-2-8(6-12)7-15-9-3-4-10(13)11(14)5-9/h3-5,8H,2,6-7H2,1H3. The van der Waals surface area contributed by atoms with Gasteiger partial charge in [-0.3, -0.25) is 0 Å². The van der Waals surface area contributed by atoms with Gasteiger partial charge in [0, 0.05) is 16.0 Å². The number of halogens is 3. The minimum absolute atomic E-state index is 0.572. The van der Waals surface area contributed by atoms with Crippen molar-refractivity contribution in [2.75, 3.05) is 11.1 Å². The van der Waals surface area contributed by atoms with Gasteiger partial charge in [-0.1, -0.05) is 29.3 Å². The molecule has 0 bridgehead atoms. The van der Waals surface area contributed by atoms with E-state index in [0.29, 0.717) is 5.92 Å². The van der Waals surface area contributed by atoms with E-state index in [4.69, 9.17) is 0 Å². The molecule has 15 heavy (non-hydrogen) atoms. The largest absolute Gasteiger partial charge is 0.204 e. The van der Waals surface area contributed by atoms with E-state index in [2.05, 4.69) is 22.9 Å². The number of thioether (sulfide) groups is 1. The quantitative estimate of drug-likeness (QED) is 0.570. The zero-order valence-corrected chi connectivity index (χ0v) is 10.9. The van der Waals surface area contributed by atoms with Crippen LogP contribution in [-0.2, 0) is 0 Å². The lowest BCUT2D eigenvalue weighted by Crippen LogP contribution is -2.03. The first-order valence-electron chi connectivity index (χ1n) is 4.81. The lowest BCUT2D eigenvalue weighted by atomic mass is 10.2. The Labute approximate surface area is 102 Å². The third kappa shape index (κ3) is 4.11. The monoisotopic (exact) mass is 294 g/mol. The third-order valence-electron chi connectivity index (χ3n) is 2.17. The predicted molar refractivity (Wildman–Crippen MR) is 64.7 cm³/mol. The molecule has 0 amide bonds. The summed E-state index contributed by atoms with van der Waals surface area (Å²) in [6, 6.07) is 4.04. The second-order valence-electron chi connectivity index (χ2n) is 3.32. The second kappa shape index (κ2) is 6.48. The van der Waals surface area contributed by atoms with Crippen molar-refractivity contribution in [3.8, 4) is 0 Å². The normalized spacial score (nSPS) is 12.8. The predicted octanol–water partition coefficient (Wildman–Crippen LogP) is 4.48. The van der Waals surface area contributed by atoms with E-state index in [1.165, 1.54) is 12.1 Å². The maximum atomic E-state index is 12.9. The molecule has 0 saturated carbocycles. The summed E-state index contributed by atoms with van der Waals surface area (Å²) < 4.78 is 25.5. The molecular formula is C11H13BrF2S. The summed E-state index contributed by atoms with van der Waals surface area (Å²) in [5, 5.41) is 0.945. The highest BCUT2D eigenvalue weighted by Gasteiger charge is 2.07. The molecule has 0 saturated heterocycles. The number of rotatable bonds is 5. The van der Waals surface area contributed by atoms with Gasteiger partial charge in [-0.25, -0.2) is 8.78 Å². The van der Waals surface area contributed by atoms with Crippen LogP contribution in [0.1, 0.15) is 13.3 Å². The van der Waals surface area contributed by atoms with Crippen molar-refractivity contribution >= 4 is 27.7 Å². The molecule has 1 aromatic rings. The minimum Gasteiger partial charge on any atom is -0.204 e. The smallest absolute Gasteiger partial charge is 0.159 e. The van der Waals surface area contributed by atoms with Gasteiger partial charge in [0.15, 0.2) is 11.6 Å². The Morgan fingerprint density at radius 1 is 1.33 bits per heavy atom. The minimum atomic E-state index is -0.785. The van der Waals surface area contributed by atoms with Crippen LogP contribution >= 0.6 is 27.7 Å². The fourth-order valence-electron chi connectivity index (χ4n) is 1.05. The molecule has 1 rings (SSSR count). The molecule has 0 aliphatic rings. The van der Waals surface area contributed by atoms with E-state index in [1.54, 1.807) is 17.8 Å². The fourth-order valence-corrected chi connectivity index (χ4v) is 3.17. The Morgan fingerprint density at radius 2 is 2.07 bits per heavy atom. The maximum absolute atomic E-state index is 12.9. The first-order valence-corrected chi connectivity index (χ1v) is 6.91. The number of alkyl halides is 1. The highest BCUT2D eigenvalue weighted by atomic mass is 79.9. The van der Waals surface area contributed by atoms with Crippen LogP contribution in [0.3, 0.4) is 0 Å². The second-order valence-corrected chi connectivity index (χ2v) is 5.06. The highest BCUT2D eigenvalue weighted by Crippen LogP contribution is 2.24. The zero-order valence-electron chi connectivity index (χ0n) is 8.47. The molecule has 0 aliphatic heterocycles. The van der Waals surface area contributed by atoms with Gasteiger partial charge < -0.3 is 0 Å². The summed E-state index contributed by atoms with van der Waals surface area (Å²) in [6.07, 6.45) is 1.09. The van der Waals surface area contributed by atoms with Gasteiger partial charge in [0.1, 0.15) is 0 Å². The molecule has 84 valence electrons. The average Bonchev–Trinajstić information content (AvgIpc) is 2.24. The average molecular weight is 295 g/mol. The molecule has 4 heteroatoms. The Morgan fingerprint density at radius 3 is 2.60 bits per heavy atom. The Kier molecular flexibility index (Phi) is 5.61. The lowest BCUT2D eigenvalue weighted by molar-refractivity contribution is 0.506. The summed E-state index contributed by atoms with van der Waals surface area (Å²) in [4.78, 5) is 0.785. The summed E-state index contributed by atoms with van der Waals surface area (Å²) in [5.41, 5.74) is 0. The van der Waals surface area contributed by atoms with Crippen LogP contribution < -0.4 is 0 Å². The van der Waals surface area contributed by atoms with E-state index >= 15 is 0 Å². The van der Waals surface area contributed by atoms with Gasteiger partial charge in [-0.15, -0.1) is 11.8 Å². The van der Waals surface area contributed by atoms with E-state index in [9.17, 15) is 8.78 Å². The van der Waals surface area contributed by atoms with Gasteiger partial charge >= 0.3 is 0 Å². The van der Waals surface area contributed by atoms with Crippen LogP contribution in [-0.4, -0.2) is 11.1 Å². The van der Waals surface area contributed by atoms with Gasteiger partial charge in [0.05, 0.1) is 0 Å². The van der Waals surface area contributed by atoms with Gasteiger partial charge in [0.2, 0.25) is 0 Å². The number of benzene rings is 1. The molecular weight excluding hydrogens is 282 g/mol. The molecule has 0 nitrogen and oxygen atoms in total. The molecule has 1 aromatic carbocycles. The molecule has 0 heterocycles. The first-order chi connectivity index (χ1) is 7.17. The van der Waals surface area contributed by atoms with Crippen molar-refractivity contribution < 1.29 is 8.78 Å². The number of hydrogen-bond donors (Lipinski definition) is 0. The molecule has 0 fully saturated rings. The summed E-state index contributed by atoms with van der Waals surface area (Å²) in [7, 11) is 0. The Hall–Kier alpha value is -0.0900. The topological polar surface area (TPSA) is 0 Å². The van der Waals surface area contributed by atoms with Gasteiger partial charge in [0.25, 0.3) is 0 Å². The van der Waals surface area contributed by atoms with Crippen LogP contribution in [0.15, 0.2) is 23.1 Å².